The summed E-state index contributed by atoms with van der Waals surface area (Å²) in [7, 11) is 0. The Labute approximate surface area is 164 Å². The molecule has 0 atom stereocenters. The molecule has 1 aromatic carbocycles. The summed E-state index contributed by atoms with van der Waals surface area (Å²) in [5.74, 6) is -0.0585. The quantitative estimate of drug-likeness (QED) is 0.616. The van der Waals surface area contributed by atoms with Gasteiger partial charge in [0.05, 0.1) is 11.0 Å². The van der Waals surface area contributed by atoms with Crippen LogP contribution in [0.25, 0.3) is 11.0 Å². The topological polar surface area (TPSA) is 73.1 Å². The summed E-state index contributed by atoms with van der Waals surface area (Å²) in [6, 6.07) is 7.50. The molecule has 0 bridgehead atoms. The van der Waals surface area contributed by atoms with E-state index in [1.807, 2.05) is 24.3 Å². The first kappa shape index (κ1) is 20.1. The molecule has 1 fully saturated rings. The highest BCUT2D eigenvalue weighted by Gasteiger charge is 2.16. The summed E-state index contributed by atoms with van der Waals surface area (Å²) in [4.78, 5) is 37.6. The fourth-order valence-electron chi connectivity index (χ4n) is 4.02. The molecule has 1 saturated carbocycles. The van der Waals surface area contributed by atoms with Gasteiger partial charge in [0.1, 0.15) is 0 Å². The lowest BCUT2D eigenvalue weighted by atomic mass is 9.96. The molecule has 2 aromatic rings. The third-order valence-electron chi connectivity index (χ3n) is 5.48. The van der Waals surface area contributed by atoms with Crippen LogP contribution in [0.2, 0.25) is 0 Å². The van der Waals surface area contributed by atoms with Crippen LogP contribution in [0.15, 0.2) is 46.5 Å². The van der Waals surface area contributed by atoms with Gasteiger partial charge in [0, 0.05) is 25.6 Å². The van der Waals surface area contributed by atoms with E-state index in [0.29, 0.717) is 11.0 Å². The van der Waals surface area contributed by atoms with Crippen LogP contribution in [0.5, 0.6) is 0 Å². The molecule has 1 amide bonds. The van der Waals surface area contributed by atoms with Crippen molar-refractivity contribution in [1.82, 2.24) is 14.5 Å². The van der Waals surface area contributed by atoms with Crippen LogP contribution in [0.1, 0.15) is 51.4 Å². The molecule has 1 heterocycles. The van der Waals surface area contributed by atoms with Crippen molar-refractivity contribution in [3.05, 3.63) is 57.6 Å². The fraction of sp³-hybridized carbons (Fsp3) is 0.500. The molecule has 1 N–H and O–H groups in total. The van der Waals surface area contributed by atoms with Crippen molar-refractivity contribution in [2.75, 3.05) is 0 Å². The smallest absolute Gasteiger partial charge is 0.317 e. The van der Waals surface area contributed by atoms with Crippen molar-refractivity contribution in [3.63, 3.8) is 0 Å². The standard InChI is InChI=1S/C22H29N3O3/c1-2-15-24-18-12-8-9-13-19(18)25(22(28)21(24)27)16-14-20(26)23-17-10-6-4-3-5-7-11-17/h2,8-9,12-13,17H,1,3-7,10-11,14-16H2,(H,23,26). The van der Waals surface area contributed by atoms with E-state index in [1.165, 1.54) is 28.4 Å². The number of aromatic nitrogens is 2. The van der Waals surface area contributed by atoms with Gasteiger partial charge in [-0.1, -0.05) is 50.3 Å². The van der Waals surface area contributed by atoms with Gasteiger partial charge in [-0.25, -0.2) is 0 Å². The lowest BCUT2D eigenvalue weighted by Gasteiger charge is -2.21. The Morgan fingerprint density at radius 2 is 1.57 bits per heavy atom. The third-order valence-corrected chi connectivity index (χ3v) is 5.48. The predicted octanol–water partition coefficient (Wildman–Crippen LogP) is 2.97. The van der Waals surface area contributed by atoms with E-state index < -0.39 is 11.1 Å². The van der Waals surface area contributed by atoms with Gasteiger partial charge in [-0.15, -0.1) is 6.58 Å². The molecular weight excluding hydrogens is 354 g/mol. The molecule has 6 heteroatoms. The van der Waals surface area contributed by atoms with Crippen LogP contribution >= 0.6 is 0 Å². The number of nitrogens with zero attached hydrogens (tertiary/aromatic N) is 2. The monoisotopic (exact) mass is 383 g/mol. The number of hydrogen-bond donors (Lipinski definition) is 1. The van der Waals surface area contributed by atoms with Crippen molar-refractivity contribution in [2.24, 2.45) is 0 Å². The molecule has 0 spiro atoms. The molecule has 28 heavy (non-hydrogen) atoms. The van der Waals surface area contributed by atoms with Crippen molar-refractivity contribution >= 4 is 16.9 Å². The Bertz CT molecular complexity index is 950. The minimum atomic E-state index is -0.598. The van der Waals surface area contributed by atoms with Crippen LogP contribution in [0.4, 0.5) is 0 Å². The number of para-hydroxylation sites is 2. The number of hydrogen-bond acceptors (Lipinski definition) is 3. The highest BCUT2D eigenvalue weighted by Crippen LogP contribution is 2.17. The first-order valence-corrected chi connectivity index (χ1v) is 10.2. The van der Waals surface area contributed by atoms with Crippen LogP contribution in [-0.4, -0.2) is 21.1 Å². The Morgan fingerprint density at radius 3 is 2.21 bits per heavy atom. The van der Waals surface area contributed by atoms with Gasteiger partial charge in [0.15, 0.2) is 0 Å². The summed E-state index contributed by atoms with van der Waals surface area (Å²) < 4.78 is 2.85. The zero-order chi connectivity index (χ0) is 19.9. The maximum absolute atomic E-state index is 12.6. The number of amides is 1. The zero-order valence-electron chi connectivity index (χ0n) is 16.4. The molecule has 0 aliphatic heterocycles. The number of carbonyl (C=O) groups is 1. The van der Waals surface area contributed by atoms with Gasteiger partial charge in [0.2, 0.25) is 5.91 Å². The summed E-state index contributed by atoms with van der Waals surface area (Å²) >= 11 is 0. The van der Waals surface area contributed by atoms with E-state index in [4.69, 9.17) is 0 Å². The third kappa shape index (κ3) is 4.61. The largest absolute Gasteiger partial charge is 0.353 e. The minimum Gasteiger partial charge on any atom is -0.353 e. The van der Waals surface area contributed by atoms with Gasteiger partial charge in [-0.05, 0) is 25.0 Å². The summed E-state index contributed by atoms with van der Waals surface area (Å²) in [5, 5.41) is 3.12. The molecule has 1 aliphatic carbocycles. The van der Waals surface area contributed by atoms with Crippen molar-refractivity contribution in [3.8, 4) is 0 Å². The predicted molar refractivity (Wildman–Crippen MR) is 112 cm³/mol. The molecule has 0 unspecified atom stereocenters. The average Bonchev–Trinajstić information content (AvgIpc) is 2.67. The number of fused-ring (bicyclic) bond motifs is 1. The van der Waals surface area contributed by atoms with Crippen LogP contribution in [0, 0.1) is 0 Å². The number of allylic oxidation sites excluding steroid dienone is 1. The zero-order valence-corrected chi connectivity index (χ0v) is 16.4. The number of carbonyl (C=O) groups excluding carboxylic acids is 1. The lowest BCUT2D eigenvalue weighted by molar-refractivity contribution is -0.122. The van der Waals surface area contributed by atoms with Gasteiger partial charge in [-0.3, -0.25) is 19.0 Å². The maximum atomic E-state index is 12.6. The molecule has 6 nitrogen and oxygen atoms in total. The SMILES string of the molecule is C=CCn1c(=O)c(=O)n(CCC(=O)NC2CCCCCCC2)c2ccccc21. The fourth-order valence-corrected chi connectivity index (χ4v) is 4.02. The van der Waals surface area contributed by atoms with E-state index in [0.717, 1.165) is 25.7 Å². The first-order valence-electron chi connectivity index (χ1n) is 10.2. The Morgan fingerprint density at radius 1 is 1.00 bits per heavy atom. The van der Waals surface area contributed by atoms with Crippen molar-refractivity contribution < 1.29 is 4.79 Å². The summed E-state index contributed by atoms with van der Waals surface area (Å²) in [6.45, 7) is 4.13. The number of rotatable bonds is 6. The second-order valence-electron chi connectivity index (χ2n) is 7.51. The molecule has 0 radical (unpaired) electrons. The van der Waals surface area contributed by atoms with E-state index in [9.17, 15) is 14.4 Å². The normalized spacial score (nSPS) is 15.7. The van der Waals surface area contributed by atoms with E-state index in [2.05, 4.69) is 11.9 Å². The molecule has 1 aromatic heterocycles. The molecule has 1 aliphatic rings. The van der Waals surface area contributed by atoms with Gasteiger partial charge in [-0.2, -0.15) is 0 Å². The van der Waals surface area contributed by atoms with Crippen LogP contribution < -0.4 is 16.4 Å². The molecule has 0 saturated heterocycles. The first-order chi connectivity index (χ1) is 13.6. The average molecular weight is 383 g/mol. The second kappa shape index (κ2) is 9.53. The van der Waals surface area contributed by atoms with E-state index >= 15 is 0 Å². The summed E-state index contributed by atoms with van der Waals surface area (Å²) in [6.07, 6.45) is 9.87. The van der Waals surface area contributed by atoms with E-state index in [-0.39, 0.29) is 31.5 Å². The van der Waals surface area contributed by atoms with Crippen LogP contribution in [-0.2, 0) is 17.9 Å². The second-order valence-corrected chi connectivity index (χ2v) is 7.51. The maximum Gasteiger partial charge on any atom is 0.317 e. The van der Waals surface area contributed by atoms with Gasteiger partial charge in [0.25, 0.3) is 0 Å². The molecular formula is C22H29N3O3. The van der Waals surface area contributed by atoms with Gasteiger partial charge < -0.3 is 9.88 Å². The summed E-state index contributed by atoms with van der Waals surface area (Å²) in [5.41, 5.74) is 0.151. The Kier molecular flexibility index (Phi) is 6.85. The number of nitrogens with one attached hydrogen (secondary N) is 1. The van der Waals surface area contributed by atoms with Crippen molar-refractivity contribution in [2.45, 2.75) is 70.5 Å². The highest BCUT2D eigenvalue weighted by atomic mass is 16.2. The number of benzene rings is 1. The van der Waals surface area contributed by atoms with Crippen LogP contribution in [0.3, 0.4) is 0 Å². The van der Waals surface area contributed by atoms with E-state index in [1.54, 1.807) is 6.08 Å². The molecule has 150 valence electrons. The lowest BCUT2D eigenvalue weighted by Crippen LogP contribution is -2.42. The number of aryl methyl sites for hydroxylation is 1. The molecule has 3 rings (SSSR count). The van der Waals surface area contributed by atoms with Crippen molar-refractivity contribution in [1.29, 1.82) is 0 Å². The minimum absolute atomic E-state index is 0.0585. The Balaban J connectivity index is 1.77. The highest BCUT2D eigenvalue weighted by molar-refractivity contribution is 5.77. The Hall–Kier alpha value is -2.63. The van der Waals surface area contributed by atoms with Gasteiger partial charge >= 0.3 is 11.1 Å².